The minimum Gasteiger partial charge on any atom is -0.481 e. The smallest absolute Gasteiger partial charge is 0.261 e. The van der Waals surface area contributed by atoms with Crippen LogP contribution in [0.5, 0.6) is 5.75 Å². The topological polar surface area (TPSA) is 47.6 Å². The molecule has 0 saturated carbocycles. The molecule has 4 heteroatoms. The van der Waals surface area contributed by atoms with Gasteiger partial charge in [0.1, 0.15) is 5.75 Å². The summed E-state index contributed by atoms with van der Waals surface area (Å²) < 4.78 is 11.4. The largest absolute Gasteiger partial charge is 0.481 e. The van der Waals surface area contributed by atoms with Gasteiger partial charge in [0.2, 0.25) is 0 Å². The number of fused-ring (bicyclic) bond motifs is 1. The maximum absolute atomic E-state index is 12.3. The van der Waals surface area contributed by atoms with E-state index in [2.05, 4.69) is 11.4 Å². The zero-order valence-electron chi connectivity index (χ0n) is 13.5. The van der Waals surface area contributed by atoms with Crippen LogP contribution in [0.3, 0.4) is 0 Å². The highest BCUT2D eigenvalue weighted by Crippen LogP contribution is 2.22. The van der Waals surface area contributed by atoms with Crippen LogP contribution in [-0.4, -0.2) is 31.3 Å². The van der Waals surface area contributed by atoms with E-state index >= 15 is 0 Å². The Balaban J connectivity index is 1.61. The number of benzene rings is 2. The van der Waals surface area contributed by atoms with Crippen LogP contribution in [0, 0.1) is 0 Å². The van der Waals surface area contributed by atoms with E-state index in [0.29, 0.717) is 13.0 Å². The number of rotatable bonds is 6. The molecule has 2 aromatic carbocycles. The molecule has 1 heterocycles. The molecule has 0 bridgehead atoms. The molecule has 4 nitrogen and oxygen atoms in total. The van der Waals surface area contributed by atoms with E-state index in [1.54, 1.807) is 0 Å². The van der Waals surface area contributed by atoms with E-state index in [-0.39, 0.29) is 12.0 Å². The summed E-state index contributed by atoms with van der Waals surface area (Å²) in [4.78, 5) is 12.3. The minimum atomic E-state index is -0.474. The van der Waals surface area contributed by atoms with Crippen LogP contribution >= 0.6 is 0 Å². The van der Waals surface area contributed by atoms with Gasteiger partial charge in [-0.25, -0.2) is 0 Å². The fourth-order valence-electron chi connectivity index (χ4n) is 2.86. The molecule has 122 valence electrons. The Morgan fingerprint density at radius 3 is 2.87 bits per heavy atom. The van der Waals surface area contributed by atoms with Gasteiger partial charge < -0.3 is 14.8 Å². The molecule has 1 amide bonds. The summed E-state index contributed by atoms with van der Waals surface area (Å²) in [6.45, 7) is 3.32. The second-order valence-electron chi connectivity index (χ2n) is 5.90. The van der Waals surface area contributed by atoms with Crippen molar-refractivity contribution in [1.29, 1.82) is 0 Å². The third kappa shape index (κ3) is 4.02. The number of carbonyl (C=O) groups excluding carboxylic acids is 1. The monoisotopic (exact) mass is 313 g/mol. The van der Waals surface area contributed by atoms with Crippen LogP contribution in [0.4, 0.5) is 0 Å². The van der Waals surface area contributed by atoms with Crippen molar-refractivity contribution in [2.75, 3.05) is 13.2 Å². The molecule has 1 aliphatic rings. The third-order valence-electron chi connectivity index (χ3n) is 4.19. The van der Waals surface area contributed by atoms with Gasteiger partial charge in [0.25, 0.3) is 5.91 Å². The highest BCUT2D eigenvalue weighted by Gasteiger charge is 2.21. The zero-order chi connectivity index (χ0) is 16.1. The van der Waals surface area contributed by atoms with Crippen LogP contribution in [0.1, 0.15) is 26.2 Å². The predicted molar refractivity (Wildman–Crippen MR) is 90.6 cm³/mol. The molecule has 0 aliphatic carbocycles. The highest BCUT2D eigenvalue weighted by molar-refractivity contribution is 5.84. The molecule has 3 rings (SSSR count). The van der Waals surface area contributed by atoms with Crippen LogP contribution in [0.15, 0.2) is 42.5 Å². The summed E-state index contributed by atoms with van der Waals surface area (Å²) in [5, 5.41) is 5.22. The van der Waals surface area contributed by atoms with Crippen molar-refractivity contribution in [2.45, 2.75) is 38.4 Å². The van der Waals surface area contributed by atoms with E-state index in [1.165, 1.54) is 0 Å². The van der Waals surface area contributed by atoms with E-state index in [0.717, 1.165) is 36.0 Å². The van der Waals surface area contributed by atoms with Crippen molar-refractivity contribution in [3.05, 3.63) is 42.5 Å². The average Bonchev–Trinajstić information content (AvgIpc) is 3.11. The average molecular weight is 313 g/mol. The Labute approximate surface area is 136 Å². The Hall–Kier alpha value is -2.07. The fraction of sp³-hybridized carbons (Fsp3) is 0.421. The molecule has 1 aliphatic heterocycles. The van der Waals surface area contributed by atoms with Crippen molar-refractivity contribution in [1.82, 2.24) is 5.32 Å². The molecule has 0 unspecified atom stereocenters. The van der Waals surface area contributed by atoms with Gasteiger partial charge in [-0.1, -0.05) is 37.3 Å². The van der Waals surface area contributed by atoms with Gasteiger partial charge in [-0.15, -0.1) is 0 Å². The lowest BCUT2D eigenvalue weighted by Crippen LogP contribution is -2.41. The number of amides is 1. The quantitative estimate of drug-likeness (QED) is 0.890. The van der Waals surface area contributed by atoms with Crippen LogP contribution in [-0.2, 0) is 9.53 Å². The Bertz CT molecular complexity index is 664. The van der Waals surface area contributed by atoms with Crippen LogP contribution in [0.25, 0.3) is 10.8 Å². The van der Waals surface area contributed by atoms with Gasteiger partial charge in [0.05, 0.1) is 6.10 Å². The number of carbonyl (C=O) groups is 1. The SMILES string of the molecule is CC[C@H](Oc1ccc2ccccc2c1)C(=O)NC[C@@H]1CCCO1. The lowest BCUT2D eigenvalue weighted by molar-refractivity contribution is -0.128. The van der Waals surface area contributed by atoms with Crippen molar-refractivity contribution in [2.24, 2.45) is 0 Å². The third-order valence-corrected chi connectivity index (χ3v) is 4.19. The van der Waals surface area contributed by atoms with E-state index in [4.69, 9.17) is 9.47 Å². The number of ether oxygens (including phenoxy) is 2. The van der Waals surface area contributed by atoms with Gasteiger partial charge >= 0.3 is 0 Å². The second-order valence-corrected chi connectivity index (χ2v) is 5.90. The molecule has 0 spiro atoms. The first-order chi connectivity index (χ1) is 11.3. The predicted octanol–water partition coefficient (Wildman–Crippen LogP) is 3.29. The summed E-state index contributed by atoms with van der Waals surface area (Å²) in [7, 11) is 0. The first-order valence-corrected chi connectivity index (χ1v) is 8.31. The molecule has 23 heavy (non-hydrogen) atoms. The number of hydrogen-bond acceptors (Lipinski definition) is 3. The van der Waals surface area contributed by atoms with E-state index < -0.39 is 6.10 Å². The van der Waals surface area contributed by atoms with Gasteiger partial charge in [0, 0.05) is 13.2 Å². The molecule has 0 aromatic heterocycles. The van der Waals surface area contributed by atoms with Gasteiger partial charge in [-0.3, -0.25) is 4.79 Å². The molecule has 2 aromatic rings. The summed E-state index contributed by atoms with van der Waals surface area (Å²) in [6, 6.07) is 14.0. The van der Waals surface area contributed by atoms with Crippen molar-refractivity contribution in [3.8, 4) is 5.75 Å². The van der Waals surface area contributed by atoms with Crippen molar-refractivity contribution < 1.29 is 14.3 Å². The Morgan fingerprint density at radius 2 is 2.13 bits per heavy atom. The summed E-state index contributed by atoms with van der Waals surface area (Å²) in [5.41, 5.74) is 0. The maximum Gasteiger partial charge on any atom is 0.261 e. The molecular formula is C19H23NO3. The zero-order valence-corrected chi connectivity index (χ0v) is 13.5. The van der Waals surface area contributed by atoms with Gasteiger partial charge in [-0.05, 0) is 42.2 Å². The second kappa shape index (κ2) is 7.47. The number of nitrogens with one attached hydrogen (secondary N) is 1. The van der Waals surface area contributed by atoms with Gasteiger partial charge in [0.15, 0.2) is 6.10 Å². The first kappa shape index (κ1) is 15.8. The van der Waals surface area contributed by atoms with Crippen LogP contribution in [0.2, 0.25) is 0 Å². The summed E-state index contributed by atoms with van der Waals surface area (Å²) >= 11 is 0. The first-order valence-electron chi connectivity index (χ1n) is 8.31. The molecule has 2 atom stereocenters. The molecular weight excluding hydrogens is 290 g/mol. The van der Waals surface area contributed by atoms with E-state index in [1.807, 2.05) is 43.3 Å². The Kier molecular flexibility index (Phi) is 5.13. The molecule has 0 radical (unpaired) electrons. The standard InChI is InChI=1S/C19H23NO3/c1-2-18(19(21)20-13-17-8-5-11-22-17)23-16-10-9-14-6-3-4-7-15(14)12-16/h3-4,6-7,9-10,12,17-18H,2,5,8,11,13H2,1H3,(H,20,21)/t17-,18-/m0/s1. The van der Waals surface area contributed by atoms with Crippen LogP contribution < -0.4 is 10.1 Å². The van der Waals surface area contributed by atoms with E-state index in [9.17, 15) is 4.79 Å². The minimum absolute atomic E-state index is 0.0730. The normalized spacial score (nSPS) is 18.7. The molecule has 1 N–H and O–H groups in total. The molecule has 1 fully saturated rings. The molecule has 1 saturated heterocycles. The number of hydrogen-bond donors (Lipinski definition) is 1. The van der Waals surface area contributed by atoms with Crippen molar-refractivity contribution in [3.63, 3.8) is 0 Å². The van der Waals surface area contributed by atoms with Gasteiger partial charge in [-0.2, -0.15) is 0 Å². The maximum atomic E-state index is 12.3. The lowest BCUT2D eigenvalue weighted by atomic mass is 10.1. The van der Waals surface area contributed by atoms with Crippen molar-refractivity contribution >= 4 is 16.7 Å². The summed E-state index contributed by atoms with van der Waals surface area (Å²) in [5.74, 6) is 0.652. The summed E-state index contributed by atoms with van der Waals surface area (Å²) in [6.07, 6.45) is 2.40. The highest BCUT2D eigenvalue weighted by atomic mass is 16.5. The lowest BCUT2D eigenvalue weighted by Gasteiger charge is -2.19. The fourth-order valence-corrected chi connectivity index (χ4v) is 2.86. The Morgan fingerprint density at radius 1 is 1.30 bits per heavy atom.